The zero-order valence-electron chi connectivity index (χ0n) is 14.4. The van der Waals surface area contributed by atoms with Crippen molar-refractivity contribution in [1.29, 1.82) is 0 Å². The number of amides is 1. The molecular weight excluding hydrogens is 250 g/mol. The third kappa shape index (κ3) is 3.95. The topological polar surface area (TPSA) is 35.6 Å². The highest BCUT2D eigenvalue weighted by Crippen LogP contribution is 2.24. The van der Waals surface area contributed by atoms with Crippen LogP contribution >= 0.6 is 0 Å². The molecular formula is C16H33N3O. The van der Waals surface area contributed by atoms with Crippen molar-refractivity contribution in [2.45, 2.75) is 71.6 Å². The third-order valence-electron chi connectivity index (χ3n) is 4.53. The van der Waals surface area contributed by atoms with Crippen LogP contribution in [0.2, 0.25) is 0 Å². The summed E-state index contributed by atoms with van der Waals surface area (Å²) in [5.41, 5.74) is -0.00980. The van der Waals surface area contributed by atoms with Crippen molar-refractivity contribution in [2.24, 2.45) is 5.92 Å². The van der Waals surface area contributed by atoms with Crippen LogP contribution in [0, 0.1) is 5.92 Å². The lowest BCUT2D eigenvalue weighted by Crippen LogP contribution is -2.53. The van der Waals surface area contributed by atoms with Gasteiger partial charge in [0.1, 0.15) is 0 Å². The van der Waals surface area contributed by atoms with Gasteiger partial charge in [-0.2, -0.15) is 0 Å². The van der Waals surface area contributed by atoms with Crippen LogP contribution in [-0.4, -0.2) is 54.1 Å². The first-order valence-electron chi connectivity index (χ1n) is 7.94. The number of hydrogen-bond donors (Lipinski definition) is 1. The Kier molecular flexibility index (Phi) is 6.02. The van der Waals surface area contributed by atoms with Crippen molar-refractivity contribution in [3.8, 4) is 0 Å². The minimum Gasteiger partial charge on any atom is -0.324 e. The summed E-state index contributed by atoms with van der Waals surface area (Å²) in [7, 11) is 4.15. The Morgan fingerprint density at radius 2 is 1.95 bits per heavy atom. The van der Waals surface area contributed by atoms with Gasteiger partial charge in [-0.1, -0.05) is 33.6 Å². The second-order valence-electron chi connectivity index (χ2n) is 7.22. The molecule has 2 atom stereocenters. The second-order valence-corrected chi connectivity index (χ2v) is 7.22. The number of carbonyl (C=O) groups excluding carboxylic acids is 1. The molecule has 0 bridgehead atoms. The van der Waals surface area contributed by atoms with Crippen LogP contribution in [0.3, 0.4) is 0 Å². The lowest BCUT2D eigenvalue weighted by Gasteiger charge is -2.39. The second kappa shape index (κ2) is 6.90. The molecule has 118 valence electrons. The monoisotopic (exact) mass is 283 g/mol. The van der Waals surface area contributed by atoms with Crippen molar-refractivity contribution in [2.75, 3.05) is 20.6 Å². The largest absolute Gasteiger partial charge is 0.324 e. The smallest absolute Gasteiger partial charge is 0.241 e. The molecule has 1 fully saturated rings. The van der Waals surface area contributed by atoms with E-state index in [1.807, 2.05) is 0 Å². The zero-order chi connectivity index (χ0) is 15.5. The van der Waals surface area contributed by atoms with E-state index in [2.05, 4.69) is 63.8 Å². The van der Waals surface area contributed by atoms with E-state index in [1.54, 1.807) is 0 Å². The summed E-state index contributed by atoms with van der Waals surface area (Å²) in [5, 5.41) is 3.54. The van der Waals surface area contributed by atoms with Gasteiger partial charge in [-0.25, -0.2) is 0 Å². The molecule has 0 spiro atoms. The molecule has 1 rings (SSSR count). The van der Waals surface area contributed by atoms with E-state index in [0.29, 0.717) is 5.92 Å². The number of likely N-dealkylation sites (N-methyl/N-ethyl adjacent to an activating group) is 1. The Morgan fingerprint density at radius 1 is 1.35 bits per heavy atom. The number of rotatable bonds is 7. The van der Waals surface area contributed by atoms with Gasteiger partial charge >= 0.3 is 0 Å². The average molecular weight is 283 g/mol. The third-order valence-corrected chi connectivity index (χ3v) is 4.53. The van der Waals surface area contributed by atoms with Crippen molar-refractivity contribution < 1.29 is 4.79 Å². The minimum atomic E-state index is -0.00980. The molecule has 4 heteroatoms. The molecule has 1 heterocycles. The number of nitrogens with one attached hydrogen (secondary N) is 1. The van der Waals surface area contributed by atoms with Gasteiger partial charge in [-0.15, -0.1) is 0 Å². The van der Waals surface area contributed by atoms with E-state index in [-0.39, 0.29) is 23.7 Å². The molecule has 0 saturated carbocycles. The fourth-order valence-electron chi connectivity index (χ4n) is 2.61. The predicted octanol–water partition coefficient (Wildman–Crippen LogP) is 2.30. The molecule has 1 saturated heterocycles. The summed E-state index contributed by atoms with van der Waals surface area (Å²) in [6.07, 6.45) is 3.38. The normalized spacial score (nSPS) is 24.2. The molecule has 1 aliphatic heterocycles. The zero-order valence-corrected chi connectivity index (χ0v) is 14.4. The van der Waals surface area contributed by atoms with E-state index in [1.165, 1.54) is 0 Å². The Bertz CT molecular complexity index is 326. The Labute approximate surface area is 124 Å². The maximum atomic E-state index is 12.7. The van der Waals surface area contributed by atoms with E-state index in [0.717, 1.165) is 25.8 Å². The summed E-state index contributed by atoms with van der Waals surface area (Å²) in [5.74, 6) is 0.718. The molecule has 0 aliphatic carbocycles. The minimum absolute atomic E-state index is 0.00980. The quantitative estimate of drug-likeness (QED) is 0.779. The molecule has 1 N–H and O–H groups in total. The van der Waals surface area contributed by atoms with Crippen LogP contribution in [0.1, 0.15) is 53.9 Å². The van der Waals surface area contributed by atoms with Crippen LogP contribution in [0.25, 0.3) is 0 Å². The summed E-state index contributed by atoms with van der Waals surface area (Å²) in [4.78, 5) is 16.9. The van der Waals surface area contributed by atoms with Crippen LogP contribution in [0.15, 0.2) is 0 Å². The Morgan fingerprint density at radius 3 is 2.40 bits per heavy atom. The molecule has 1 aliphatic rings. The van der Waals surface area contributed by atoms with Gasteiger partial charge in [0.05, 0.1) is 12.2 Å². The molecule has 4 nitrogen and oxygen atoms in total. The van der Waals surface area contributed by atoms with Crippen molar-refractivity contribution in [3.63, 3.8) is 0 Å². The first-order chi connectivity index (χ1) is 9.20. The van der Waals surface area contributed by atoms with Crippen LogP contribution in [0.4, 0.5) is 0 Å². The highest BCUT2D eigenvalue weighted by Gasteiger charge is 2.42. The summed E-state index contributed by atoms with van der Waals surface area (Å²) in [6.45, 7) is 11.7. The molecule has 0 aromatic rings. The molecule has 20 heavy (non-hydrogen) atoms. The lowest BCUT2D eigenvalue weighted by molar-refractivity contribution is -0.132. The van der Waals surface area contributed by atoms with Gasteiger partial charge in [-0.3, -0.25) is 10.1 Å². The fourth-order valence-corrected chi connectivity index (χ4v) is 2.61. The van der Waals surface area contributed by atoms with Crippen molar-refractivity contribution in [3.05, 3.63) is 0 Å². The highest BCUT2D eigenvalue weighted by molar-refractivity contribution is 5.84. The first-order valence-corrected chi connectivity index (χ1v) is 7.94. The molecule has 0 radical (unpaired) electrons. The summed E-state index contributed by atoms with van der Waals surface area (Å²) in [6, 6.07) is 0.0142. The molecule has 0 aromatic carbocycles. The van der Waals surface area contributed by atoms with Gasteiger partial charge in [-0.05, 0) is 40.3 Å². The van der Waals surface area contributed by atoms with Gasteiger partial charge in [0.25, 0.3) is 0 Å². The lowest BCUT2D eigenvalue weighted by atomic mass is 10.0. The van der Waals surface area contributed by atoms with Gasteiger partial charge in [0.15, 0.2) is 0 Å². The van der Waals surface area contributed by atoms with E-state index in [9.17, 15) is 4.79 Å². The van der Waals surface area contributed by atoms with Gasteiger partial charge in [0, 0.05) is 12.1 Å². The maximum Gasteiger partial charge on any atom is 0.241 e. The number of hydrogen-bond acceptors (Lipinski definition) is 3. The predicted molar refractivity (Wildman–Crippen MR) is 84.6 cm³/mol. The van der Waals surface area contributed by atoms with E-state index < -0.39 is 0 Å². The van der Waals surface area contributed by atoms with Crippen LogP contribution in [-0.2, 0) is 4.79 Å². The van der Waals surface area contributed by atoms with Crippen molar-refractivity contribution in [1.82, 2.24) is 15.1 Å². The number of nitrogens with zero attached hydrogens (tertiary/aromatic N) is 2. The maximum absolute atomic E-state index is 12.7. The average Bonchev–Trinajstić information content (AvgIpc) is 2.64. The Hall–Kier alpha value is -0.610. The SMILES string of the molecule is CCCCC1NC(C(C)C)N(CC(C)(C)N(C)C)C1=O. The first kappa shape index (κ1) is 17.4. The van der Waals surface area contributed by atoms with Crippen molar-refractivity contribution >= 4 is 5.91 Å². The number of unbranched alkanes of at least 4 members (excludes halogenated alkanes) is 1. The van der Waals surface area contributed by atoms with E-state index >= 15 is 0 Å². The number of carbonyl (C=O) groups is 1. The fraction of sp³-hybridized carbons (Fsp3) is 0.938. The van der Waals surface area contributed by atoms with Crippen LogP contribution < -0.4 is 5.32 Å². The molecule has 1 amide bonds. The molecule has 0 aromatic heterocycles. The molecule has 2 unspecified atom stereocenters. The van der Waals surface area contributed by atoms with Crippen LogP contribution in [0.5, 0.6) is 0 Å². The van der Waals surface area contributed by atoms with E-state index in [4.69, 9.17) is 0 Å². The standard InChI is InChI=1S/C16H33N3O/c1-8-9-10-13-15(20)19(14(17-13)12(2)3)11-16(4,5)18(6)7/h12-14,17H,8-11H2,1-7H3. The van der Waals surface area contributed by atoms with Gasteiger partial charge < -0.3 is 9.80 Å². The Balaban J connectivity index is 2.82. The highest BCUT2D eigenvalue weighted by atomic mass is 16.2. The summed E-state index contributed by atoms with van der Waals surface area (Å²) >= 11 is 0. The van der Waals surface area contributed by atoms with Gasteiger partial charge in [0.2, 0.25) is 5.91 Å². The summed E-state index contributed by atoms with van der Waals surface area (Å²) < 4.78 is 0.